The molecular formula is C30H35N9O4S2. The van der Waals surface area contributed by atoms with E-state index in [0.717, 1.165) is 12.1 Å². The van der Waals surface area contributed by atoms with Crippen LogP contribution in [-0.4, -0.2) is 52.3 Å². The van der Waals surface area contributed by atoms with Gasteiger partial charge in [-0.05, 0) is 87.5 Å². The first-order chi connectivity index (χ1) is 21.4. The monoisotopic (exact) mass is 649 g/mol. The highest BCUT2D eigenvalue weighted by Crippen LogP contribution is 2.20. The van der Waals surface area contributed by atoms with Crippen LogP contribution in [0.15, 0.2) is 98.9 Å². The Labute approximate surface area is 263 Å². The van der Waals surface area contributed by atoms with Gasteiger partial charge < -0.3 is 5.32 Å². The van der Waals surface area contributed by atoms with E-state index >= 15 is 0 Å². The molecule has 0 fully saturated rings. The maximum absolute atomic E-state index is 12.0. The van der Waals surface area contributed by atoms with E-state index in [1.54, 1.807) is 44.2 Å². The van der Waals surface area contributed by atoms with Crippen molar-refractivity contribution in [2.45, 2.75) is 37.0 Å². The molecule has 13 nitrogen and oxygen atoms in total. The van der Waals surface area contributed by atoms with Crippen LogP contribution in [0.4, 0.5) is 23.3 Å². The molecule has 0 spiro atoms. The SMILES string of the molecule is CCc1ccc(Nc2nc(NN=C(C)c3ccc(S(=O)(=O)NC)cc3)cc(NN=C(C)c3ccc(S(=O)(=O)NC)cc3)n2)cc1. The van der Waals surface area contributed by atoms with E-state index in [9.17, 15) is 16.8 Å². The Bertz CT molecular complexity index is 1800. The summed E-state index contributed by atoms with van der Waals surface area (Å²) in [5.74, 6) is 1.02. The number of benzene rings is 3. The fraction of sp³-hybridized carbons (Fsp3) is 0.200. The van der Waals surface area contributed by atoms with Gasteiger partial charge in [0.2, 0.25) is 26.0 Å². The second-order valence-corrected chi connectivity index (χ2v) is 13.5. The van der Waals surface area contributed by atoms with Gasteiger partial charge in [-0.3, -0.25) is 10.9 Å². The number of aromatic nitrogens is 2. The van der Waals surface area contributed by atoms with Gasteiger partial charge in [0.15, 0.2) is 11.6 Å². The lowest BCUT2D eigenvalue weighted by molar-refractivity contribution is 0.586. The van der Waals surface area contributed by atoms with Gasteiger partial charge in [0.05, 0.1) is 21.2 Å². The summed E-state index contributed by atoms with van der Waals surface area (Å²) in [6.07, 6.45) is 0.918. The minimum absolute atomic E-state index is 0.151. The van der Waals surface area contributed by atoms with Crippen molar-refractivity contribution in [1.29, 1.82) is 0 Å². The summed E-state index contributed by atoms with van der Waals surface area (Å²) in [4.78, 5) is 9.39. The number of hydrogen-bond acceptors (Lipinski definition) is 11. The molecule has 0 saturated heterocycles. The molecule has 1 aromatic heterocycles. The lowest BCUT2D eigenvalue weighted by atomic mass is 10.1. The number of nitrogens with one attached hydrogen (secondary N) is 5. The number of sulfonamides is 2. The van der Waals surface area contributed by atoms with E-state index in [1.807, 2.05) is 24.3 Å². The smallest absolute Gasteiger partial charge is 0.240 e. The Hall–Kier alpha value is -4.70. The Kier molecular flexibility index (Phi) is 10.6. The average molecular weight is 650 g/mol. The molecule has 0 saturated carbocycles. The molecule has 15 heteroatoms. The summed E-state index contributed by atoms with van der Waals surface area (Å²) in [5, 5.41) is 12.1. The Balaban J connectivity index is 1.59. The summed E-state index contributed by atoms with van der Waals surface area (Å²) >= 11 is 0. The van der Waals surface area contributed by atoms with Crippen molar-refractivity contribution in [1.82, 2.24) is 19.4 Å². The summed E-state index contributed by atoms with van der Waals surface area (Å²) in [5.41, 5.74) is 10.5. The van der Waals surface area contributed by atoms with Crippen LogP contribution in [-0.2, 0) is 26.5 Å². The Morgan fingerprint density at radius 1 is 0.667 bits per heavy atom. The van der Waals surface area contributed by atoms with Crippen molar-refractivity contribution >= 4 is 54.7 Å². The van der Waals surface area contributed by atoms with Crippen LogP contribution in [0.2, 0.25) is 0 Å². The van der Waals surface area contributed by atoms with Crippen LogP contribution in [0.3, 0.4) is 0 Å². The quantitative estimate of drug-likeness (QED) is 0.104. The number of aryl methyl sites for hydroxylation is 1. The summed E-state index contributed by atoms with van der Waals surface area (Å²) in [6, 6.07) is 22.3. The summed E-state index contributed by atoms with van der Waals surface area (Å²) in [7, 11) is -4.38. The molecule has 1 heterocycles. The minimum atomic E-state index is -3.55. The topological polar surface area (TPSA) is 179 Å². The highest BCUT2D eigenvalue weighted by molar-refractivity contribution is 7.89. The summed E-state index contributed by atoms with van der Waals surface area (Å²) < 4.78 is 52.8. The highest BCUT2D eigenvalue weighted by Gasteiger charge is 2.13. The number of hydrogen-bond donors (Lipinski definition) is 5. The largest absolute Gasteiger partial charge is 0.324 e. The van der Waals surface area contributed by atoms with Crippen LogP contribution in [0.1, 0.15) is 37.5 Å². The molecule has 0 aliphatic heterocycles. The van der Waals surface area contributed by atoms with Crippen LogP contribution >= 0.6 is 0 Å². The molecule has 0 aliphatic carbocycles. The molecule has 5 N–H and O–H groups in total. The minimum Gasteiger partial charge on any atom is -0.324 e. The number of rotatable bonds is 13. The standard InChI is InChI=1S/C30H35N9O4S2/c1-6-22-7-13-25(14-8-22)33-30-34-28(38-36-20(2)23-9-15-26(16-10-23)44(40,41)31-4)19-29(35-30)39-37-21(3)24-11-17-27(18-12-24)45(42,43)32-5/h7-19,31-32H,6H2,1-5H3,(H3,33,34,35,38,39). The third-order valence-corrected chi connectivity index (χ3v) is 9.58. The number of hydrazone groups is 2. The van der Waals surface area contributed by atoms with Crippen molar-refractivity contribution in [3.63, 3.8) is 0 Å². The average Bonchev–Trinajstić information content (AvgIpc) is 3.06. The first-order valence-electron chi connectivity index (χ1n) is 13.9. The second-order valence-electron chi connectivity index (χ2n) is 9.72. The van der Waals surface area contributed by atoms with E-state index in [-0.39, 0.29) is 15.7 Å². The van der Waals surface area contributed by atoms with Gasteiger partial charge >= 0.3 is 0 Å². The van der Waals surface area contributed by atoms with Gasteiger partial charge in [0, 0.05) is 11.8 Å². The first kappa shape index (κ1) is 33.2. The van der Waals surface area contributed by atoms with Crippen LogP contribution in [0.25, 0.3) is 0 Å². The van der Waals surface area contributed by atoms with Gasteiger partial charge in [-0.2, -0.15) is 20.2 Å². The molecular weight excluding hydrogens is 615 g/mol. The molecule has 0 aliphatic rings. The van der Waals surface area contributed by atoms with E-state index in [0.29, 0.717) is 34.2 Å². The Morgan fingerprint density at radius 3 is 1.47 bits per heavy atom. The van der Waals surface area contributed by atoms with E-state index in [1.165, 1.54) is 43.9 Å². The fourth-order valence-electron chi connectivity index (χ4n) is 3.97. The number of anilines is 4. The zero-order valence-electron chi connectivity index (χ0n) is 25.5. The third kappa shape index (κ3) is 8.69. The second kappa shape index (κ2) is 14.4. The predicted molar refractivity (Wildman–Crippen MR) is 178 cm³/mol. The number of nitrogens with zero attached hydrogens (tertiary/aromatic N) is 4. The van der Waals surface area contributed by atoms with Gasteiger partial charge in [-0.25, -0.2) is 26.3 Å². The lowest BCUT2D eigenvalue weighted by Gasteiger charge is -2.11. The molecule has 0 atom stereocenters. The molecule has 45 heavy (non-hydrogen) atoms. The fourth-order valence-corrected chi connectivity index (χ4v) is 5.43. The maximum Gasteiger partial charge on any atom is 0.240 e. The molecule has 3 aromatic carbocycles. The maximum atomic E-state index is 12.0. The van der Waals surface area contributed by atoms with Crippen molar-refractivity contribution < 1.29 is 16.8 Å². The molecule has 0 bridgehead atoms. The zero-order valence-corrected chi connectivity index (χ0v) is 27.1. The van der Waals surface area contributed by atoms with Crippen LogP contribution in [0, 0.1) is 0 Å². The van der Waals surface area contributed by atoms with Crippen LogP contribution in [0.5, 0.6) is 0 Å². The van der Waals surface area contributed by atoms with Crippen molar-refractivity contribution in [2.24, 2.45) is 10.2 Å². The van der Waals surface area contributed by atoms with Crippen molar-refractivity contribution in [3.05, 3.63) is 95.6 Å². The normalized spacial score (nSPS) is 12.6. The van der Waals surface area contributed by atoms with Gasteiger partial charge in [-0.15, -0.1) is 0 Å². The van der Waals surface area contributed by atoms with Crippen molar-refractivity contribution in [2.75, 3.05) is 30.3 Å². The van der Waals surface area contributed by atoms with Gasteiger partial charge in [0.25, 0.3) is 0 Å². The molecule has 4 rings (SSSR count). The van der Waals surface area contributed by atoms with Gasteiger partial charge in [0.1, 0.15) is 0 Å². The van der Waals surface area contributed by atoms with Crippen molar-refractivity contribution in [3.8, 4) is 0 Å². The molecule has 236 valence electrons. The Morgan fingerprint density at radius 2 is 1.09 bits per heavy atom. The molecule has 0 unspecified atom stereocenters. The predicted octanol–water partition coefficient (Wildman–Crippen LogP) is 4.27. The molecule has 4 aromatic rings. The first-order valence-corrected chi connectivity index (χ1v) is 16.8. The lowest BCUT2D eigenvalue weighted by Crippen LogP contribution is -2.18. The van der Waals surface area contributed by atoms with Crippen LogP contribution < -0.4 is 25.6 Å². The van der Waals surface area contributed by atoms with E-state index in [2.05, 4.69) is 52.7 Å². The highest BCUT2D eigenvalue weighted by atomic mass is 32.2. The van der Waals surface area contributed by atoms with E-state index in [4.69, 9.17) is 0 Å². The molecule has 0 amide bonds. The van der Waals surface area contributed by atoms with E-state index < -0.39 is 20.0 Å². The molecule has 0 radical (unpaired) electrons. The third-order valence-electron chi connectivity index (χ3n) is 6.72. The van der Waals surface area contributed by atoms with Gasteiger partial charge in [-0.1, -0.05) is 43.3 Å². The summed E-state index contributed by atoms with van der Waals surface area (Å²) in [6.45, 7) is 5.65. The zero-order chi connectivity index (χ0) is 32.6.